The van der Waals surface area contributed by atoms with Gasteiger partial charge in [-0.05, 0) is 30.3 Å². The third-order valence-corrected chi connectivity index (χ3v) is 3.07. The zero-order valence-electron chi connectivity index (χ0n) is 11.7. The molecule has 21 heavy (non-hydrogen) atoms. The largest absolute Gasteiger partial charge is 0.493 e. The van der Waals surface area contributed by atoms with E-state index in [0.29, 0.717) is 28.9 Å². The number of benzene rings is 2. The molecule has 0 saturated carbocycles. The molecule has 0 atom stereocenters. The average molecular weight is 285 g/mol. The van der Waals surface area contributed by atoms with Gasteiger partial charge in [-0.1, -0.05) is 6.07 Å². The van der Waals surface area contributed by atoms with E-state index in [9.17, 15) is 0 Å². The van der Waals surface area contributed by atoms with Crippen molar-refractivity contribution in [2.45, 2.75) is 0 Å². The Kier molecular flexibility index (Phi) is 3.27. The molecule has 3 N–H and O–H groups in total. The first-order valence-electron chi connectivity index (χ1n) is 6.35. The van der Waals surface area contributed by atoms with Crippen LogP contribution >= 0.6 is 0 Å². The lowest BCUT2D eigenvalue weighted by Gasteiger charge is -2.11. The summed E-state index contributed by atoms with van der Waals surface area (Å²) in [5, 5.41) is 0. The Balaban J connectivity index is 2.02. The van der Waals surface area contributed by atoms with Crippen molar-refractivity contribution in [3.8, 4) is 23.3 Å². The van der Waals surface area contributed by atoms with Gasteiger partial charge in [0.05, 0.1) is 25.3 Å². The molecular weight excluding hydrogens is 270 g/mol. The molecule has 0 amide bonds. The number of para-hydroxylation sites is 1. The second-order valence-corrected chi connectivity index (χ2v) is 4.41. The summed E-state index contributed by atoms with van der Waals surface area (Å²) in [6.45, 7) is 0. The number of aromatic amines is 1. The molecule has 0 bridgehead atoms. The maximum Gasteiger partial charge on any atom is 0.300 e. The lowest BCUT2D eigenvalue weighted by Crippen LogP contribution is -1.95. The van der Waals surface area contributed by atoms with Crippen molar-refractivity contribution < 1.29 is 14.2 Å². The van der Waals surface area contributed by atoms with Crippen LogP contribution in [0.1, 0.15) is 0 Å². The number of fused-ring (bicyclic) bond motifs is 1. The van der Waals surface area contributed by atoms with E-state index >= 15 is 0 Å². The number of anilines is 1. The topological polar surface area (TPSA) is 82.4 Å². The van der Waals surface area contributed by atoms with Crippen LogP contribution in [0.3, 0.4) is 0 Å². The van der Waals surface area contributed by atoms with Gasteiger partial charge in [0.2, 0.25) is 5.75 Å². The number of hydrogen-bond donors (Lipinski definition) is 2. The number of H-pyrrole nitrogens is 1. The van der Waals surface area contributed by atoms with Gasteiger partial charge >= 0.3 is 0 Å². The van der Waals surface area contributed by atoms with Gasteiger partial charge in [0.25, 0.3) is 6.01 Å². The lowest BCUT2D eigenvalue weighted by atomic mass is 10.3. The van der Waals surface area contributed by atoms with E-state index in [2.05, 4.69) is 9.97 Å². The van der Waals surface area contributed by atoms with E-state index in [1.54, 1.807) is 38.5 Å². The summed E-state index contributed by atoms with van der Waals surface area (Å²) in [5.41, 5.74) is 7.98. The maximum absolute atomic E-state index is 5.79. The van der Waals surface area contributed by atoms with Gasteiger partial charge in [-0.2, -0.15) is 4.98 Å². The third-order valence-electron chi connectivity index (χ3n) is 3.07. The molecule has 1 aromatic heterocycles. The minimum absolute atomic E-state index is 0.346. The molecule has 0 aliphatic carbocycles. The van der Waals surface area contributed by atoms with Crippen LogP contribution < -0.4 is 19.9 Å². The highest BCUT2D eigenvalue weighted by atomic mass is 16.5. The Morgan fingerprint density at radius 3 is 2.43 bits per heavy atom. The zero-order chi connectivity index (χ0) is 14.8. The van der Waals surface area contributed by atoms with E-state index in [1.165, 1.54) is 0 Å². The van der Waals surface area contributed by atoms with Crippen LogP contribution in [0.5, 0.6) is 23.3 Å². The smallest absolute Gasteiger partial charge is 0.300 e. The normalized spacial score (nSPS) is 10.6. The summed E-state index contributed by atoms with van der Waals surface area (Å²) in [4.78, 5) is 7.42. The molecule has 108 valence electrons. The molecule has 3 rings (SSSR count). The van der Waals surface area contributed by atoms with E-state index in [-0.39, 0.29) is 0 Å². The molecule has 0 aliphatic heterocycles. The van der Waals surface area contributed by atoms with Crippen LogP contribution in [-0.4, -0.2) is 24.2 Å². The zero-order valence-corrected chi connectivity index (χ0v) is 11.7. The Labute approximate surface area is 121 Å². The summed E-state index contributed by atoms with van der Waals surface area (Å²) in [6, 6.07) is 11.2. The molecule has 0 saturated heterocycles. The highest BCUT2D eigenvalue weighted by Gasteiger charge is 2.14. The number of hydrogen-bond acceptors (Lipinski definition) is 5. The Morgan fingerprint density at radius 2 is 1.76 bits per heavy atom. The molecule has 0 fully saturated rings. The monoisotopic (exact) mass is 285 g/mol. The van der Waals surface area contributed by atoms with Gasteiger partial charge in [-0.3, -0.25) is 0 Å². The first-order valence-corrected chi connectivity index (χ1v) is 6.35. The number of imidazole rings is 1. The Bertz CT molecular complexity index is 761. The third kappa shape index (κ3) is 2.43. The summed E-state index contributed by atoms with van der Waals surface area (Å²) >= 11 is 0. The van der Waals surface area contributed by atoms with E-state index < -0.39 is 0 Å². The van der Waals surface area contributed by atoms with Crippen molar-refractivity contribution in [2.24, 2.45) is 0 Å². The predicted molar refractivity (Wildman–Crippen MR) is 80.1 cm³/mol. The molecule has 0 unspecified atom stereocenters. The van der Waals surface area contributed by atoms with Gasteiger partial charge in [0.15, 0.2) is 11.5 Å². The van der Waals surface area contributed by atoms with E-state index in [4.69, 9.17) is 19.9 Å². The molecule has 6 nitrogen and oxygen atoms in total. The van der Waals surface area contributed by atoms with Crippen molar-refractivity contribution in [3.63, 3.8) is 0 Å². The molecule has 3 aromatic rings. The maximum atomic E-state index is 5.79. The molecule has 1 heterocycles. The fraction of sp³-hybridized carbons (Fsp3) is 0.133. The molecular formula is C15H15N3O3. The summed E-state index contributed by atoms with van der Waals surface area (Å²) < 4.78 is 16.4. The predicted octanol–water partition coefficient (Wildman–Crippen LogP) is 2.95. The number of methoxy groups -OCH3 is 2. The van der Waals surface area contributed by atoms with E-state index in [0.717, 1.165) is 11.0 Å². The SMILES string of the molecule is COc1cccc(OC)c1Oc1nc2ccc(N)cc2[nH]1. The number of nitrogens with zero attached hydrogens (tertiary/aromatic N) is 1. The molecule has 0 radical (unpaired) electrons. The highest BCUT2D eigenvalue weighted by molar-refractivity contribution is 5.79. The van der Waals surface area contributed by atoms with Gasteiger partial charge < -0.3 is 24.9 Å². The molecule has 2 aromatic carbocycles. The van der Waals surface area contributed by atoms with Crippen LogP contribution in [0.2, 0.25) is 0 Å². The molecule has 6 heteroatoms. The van der Waals surface area contributed by atoms with E-state index in [1.807, 2.05) is 12.1 Å². The van der Waals surface area contributed by atoms with Crippen LogP contribution in [-0.2, 0) is 0 Å². The first kappa shape index (κ1) is 13.1. The number of nitrogens with two attached hydrogens (primary N) is 1. The fourth-order valence-corrected chi connectivity index (χ4v) is 2.07. The molecule has 0 spiro atoms. The summed E-state index contributed by atoms with van der Waals surface area (Å²) in [6.07, 6.45) is 0. The number of nitrogens with one attached hydrogen (secondary N) is 1. The second-order valence-electron chi connectivity index (χ2n) is 4.41. The van der Waals surface area contributed by atoms with Gasteiger partial charge in [-0.15, -0.1) is 0 Å². The minimum Gasteiger partial charge on any atom is -0.493 e. The highest BCUT2D eigenvalue weighted by Crippen LogP contribution is 2.39. The van der Waals surface area contributed by atoms with Gasteiger partial charge in [0, 0.05) is 5.69 Å². The van der Waals surface area contributed by atoms with Crippen molar-refractivity contribution in [2.75, 3.05) is 20.0 Å². The quantitative estimate of drug-likeness (QED) is 0.720. The Hall–Kier alpha value is -2.89. The summed E-state index contributed by atoms with van der Waals surface area (Å²) in [7, 11) is 3.14. The van der Waals surface area contributed by atoms with Crippen LogP contribution in [0.25, 0.3) is 11.0 Å². The van der Waals surface area contributed by atoms with Crippen LogP contribution in [0.15, 0.2) is 36.4 Å². The summed E-state index contributed by atoms with van der Waals surface area (Å²) in [5.74, 6) is 1.60. The van der Waals surface area contributed by atoms with Crippen molar-refractivity contribution >= 4 is 16.7 Å². The second kappa shape index (κ2) is 5.24. The van der Waals surface area contributed by atoms with Crippen LogP contribution in [0.4, 0.5) is 5.69 Å². The Morgan fingerprint density at radius 1 is 1.05 bits per heavy atom. The lowest BCUT2D eigenvalue weighted by molar-refractivity contribution is 0.338. The first-order chi connectivity index (χ1) is 10.2. The average Bonchev–Trinajstić information content (AvgIpc) is 2.88. The van der Waals surface area contributed by atoms with Gasteiger partial charge in [-0.25, -0.2) is 0 Å². The van der Waals surface area contributed by atoms with Gasteiger partial charge in [0.1, 0.15) is 0 Å². The molecule has 0 aliphatic rings. The van der Waals surface area contributed by atoms with Crippen molar-refractivity contribution in [1.82, 2.24) is 9.97 Å². The van der Waals surface area contributed by atoms with Crippen LogP contribution in [0, 0.1) is 0 Å². The van der Waals surface area contributed by atoms with Crippen molar-refractivity contribution in [1.29, 1.82) is 0 Å². The number of rotatable bonds is 4. The fourth-order valence-electron chi connectivity index (χ4n) is 2.07. The standard InChI is InChI=1S/C15H15N3O3/c1-19-12-4-3-5-13(20-2)14(12)21-15-17-10-7-6-9(16)8-11(10)18-15/h3-8H,16H2,1-2H3,(H,17,18). The number of aromatic nitrogens is 2. The minimum atomic E-state index is 0.346. The van der Waals surface area contributed by atoms with Crippen molar-refractivity contribution in [3.05, 3.63) is 36.4 Å². The number of nitrogen functional groups attached to an aromatic ring is 1. The number of ether oxygens (including phenoxy) is 3.